The number of hydrogen-bond donors (Lipinski definition) is 3. The van der Waals surface area contributed by atoms with Gasteiger partial charge in [-0.15, -0.1) is 24.0 Å². The van der Waals surface area contributed by atoms with Crippen molar-refractivity contribution in [2.75, 3.05) is 33.4 Å². The van der Waals surface area contributed by atoms with Crippen molar-refractivity contribution in [2.45, 2.75) is 26.0 Å². The molecule has 2 aromatic rings. The molecule has 1 unspecified atom stereocenters. The van der Waals surface area contributed by atoms with Gasteiger partial charge in [0.25, 0.3) is 0 Å². The van der Waals surface area contributed by atoms with Crippen LogP contribution in [0.2, 0.25) is 0 Å². The summed E-state index contributed by atoms with van der Waals surface area (Å²) in [6.07, 6.45) is 1.62. The largest absolute Gasteiger partial charge is 0.457 e. The van der Waals surface area contributed by atoms with Gasteiger partial charge in [-0.25, -0.2) is 4.79 Å². The second kappa shape index (κ2) is 13.4. The maximum atomic E-state index is 12.4. The predicted octanol–water partition coefficient (Wildman–Crippen LogP) is 3.12. The van der Waals surface area contributed by atoms with Gasteiger partial charge in [-0.2, -0.15) is 0 Å². The van der Waals surface area contributed by atoms with Crippen molar-refractivity contribution < 1.29 is 19.4 Å². The van der Waals surface area contributed by atoms with E-state index < -0.39 is 0 Å². The molecule has 0 bridgehead atoms. The molecule has 3 rings (SSSR count). The smallest absolute Gasteiger partial charge is 0.338 e. The van der Waals surface area contributed by atoms with Crippen molar-refractivity contribution in [1.82, 2.24) is 10.6 Å². The lowest BCUT2D eigenvalue weighted by Crippen LogP contribution is -2.44. The molecular weight excluding hydrogens is 521 g/mol. The first-order valence-electron chi connectivity index (χ1n) is 10.6. The molecule has 174 valence electrons. The SMILES string of the molecule is CN=C(NCc1cccc(C(=O)OCc2ccccc2)c1)NCC1(CCO)CCOC1.I. The van der Waals surface area contributed by atoms with Crippen LogP contribution in [0.25, 0.3) is 0 Å². The first-order chi connectivity index (χ1) is 15.1. The summed E-state index contributed by atoms with van der Waals surface area (Å²) in [6.45, 7) is 2.95. The molecule has 1 atom stereocenters. The van der Waals surface area contributed by atoms with Crippen molar-refractivity contribution in [3.05, 3.63) is 71.3 Å². The summed E-state index contributed by atoms with van der Waals surface area (Å²) in [6, 6.07) is 17.0. The maximum Gasteiger partial charge on any atom is 0.338 e. The van der Waals surface area contributed by atoms with Gasteiger partial charge in [0.2, 0.25) is 0 Å². The zero-order chi connectivity index (χ0) is 21.9. The Labute approximate surface area is 206 Å². The highest BCUT2D eigenvalue weighted by Gasteiger charge is 2.34. The zero-order valence-electron chi connectivity index (χ0n) is 18.4. The van der Waals surface area contributed by atoms with Crippen LogP contribution in [-0.4, -0.2) is 50.4 Å². The topological polar surface area (TPSA) is 92.2 Å². The summed E-state index contributed by atoms with van der Waals surface area (Å²) in [4.78, 5) is 16.7. The van der Waals surface area contributed by atoms with Gasteiger partial charge >= 0.3 is 5.97 Å². The van der Waals surface area contributed by atoms with Gasteiger partial charge in [-0.1, -0.05) is 42.5 Å². The van der Waals surface area contributed by atoms with E-state index >= 15 is 0 Å². The molecule has 1 aliphatic rings. The van der Waals surface area contributed by atoms with E-state index in [4.69, 9.17) is 9.47 Å². The summed E-state index contributed by atoms with van der Waals surface area (Å²) in [5, 5.41) is 16.0. The Balaban J connectivity index is 0.00000363. The second-order valence-corrected chi connectivity index (χ2v) is 7.82. The number of carbonyl (C=O) groups is 1. The van der Waals surface area contributed by atoms with Gasteiger partial charge in [0, 0.05) is 38.8 Å². The minimum Gasteiger partial charge on any atom is -0.457 e. The molecule has 0 aromatic heterocycles. The summed E-state index contributed by atoms with van der Waals surface area (Å²) in [5.41, 5.74) is 2.36. The number of nitrogens with one attached hydrogen (secondary N) is 2. The molecule has 1 aliphatic heterocycles. The number of rotatable bonds is 9. The van der Waals surface area contributed by atoms with Crippen molar-refractivity contribution in [2.24, 2.45) is 10.4 Å². The number of ether oxygens (including phenoxy) is 2. The Hall–Kier alpha value is -2.17. The zero-order valence-corrected chi connectivity index (χ0v) is 20.7. The van der Waals surface area contributed by atoms with Gasteiger partial charge < -0.3 is 25.2 Å². The van der Waals surface area contributed by atoms with Crippen LogP contribution in [0.4, 0.5) is 0 Å². The number of aliphatic hydroxyl groups is 1. The van der Waals surface area contributed by atoms with Gasteiger partial charge in [0.15, 0.2) is 5.96 Å². The van der Waals surface area contributed by atoms with Gasteiger partial charge in [0.1, 0.15) is 6.61 Å². The van der Waals surface area contributed by atoms with Crippen LogP contribution >= 0.6 is 24.0 Å². The summed E-state index contributed by atoms with van der Waals surface area (Å²) in [7, 11) is 1.72. The number of esters is 1. The van der Waals surface area contributed by atoms with Crippen LogP contribution in [0, 0.1) is 5.41 Å². The Morgan fingerprint density at radius 2 is 1.94 bits per heavy atom. The highest BCUT2D eigenvalue weighted by molar-refractivity contribution is 14.0. The number of hydrogen-bond acceptors (Lipinski definition) is 5. The number of aliphatic imine (C=N–C) groups is 1. The fourth-order valence-electron chi connectivity index (χ4n) is 3.60. The highest BCUT2D eigenvalue weighted by Crippen LogP contribution is 2.31. The van der Waals surface area contributed by atoms with Crippen molar-refractivity contribution >= 4 is 35.9 Å². The molecule has 0 aliphatic carbocycles. The maximum absolute atomic E-state index is 12.4. The second-order valence-electron chi connectivity index (χ2n) is 7.82. The normalized spacial score (nSPS) is 18.0. The molecule has 0 amide bonds. The van der Waals surface area contributed by atoms with Crippen molar-refractivity contribution in [3.63, 3.8) is 0 Å². The van der Waals surface area contributed by atoms with E-state index in [0.29, 0.717) is 37.6 Å². The van der Waals surface area contributed by atoms with E-state index in [1.807, 2.05) is 48.5 Å². The molecule has 0 spiro atoms. The molecular formula is C24H32IN3O4. The van der Waals surface area contributed by atoms with E-state index in [-0.39, 0.29) is 48.6 Å². The predicted molar refractivity (Wildman–Crippen MR) is 135 cm³/mol. The first-order valence-corrected chi connectivity index (χ1v) is 10.6. The number of guanidine groups is 1. The third-order valence-electron chi connectivity index (χ3n) is 5.52. The molecule has 32 heavy (non-hydrogen) atoms. The quantitative estimate of drug-likeness (QED) is 0.191. The Kier molecular flexibility index (Phi) is 10.9. The van der Waals surface area contributed by atoms with Crippen LogP contribution < -0.4 is 10.6 Å². The van der Waals surface area contributed by atoms with E-state index in [0.717, 1.165) is 24.2 Å². The molecule has 3 N–H and O–H groups in total. The number of nitrogens with zero attached hydrogens (tertiary/aromatic N) is 1. The number of carbonyl (C=O) groups excluding carboxylic acids is 1. The minimum atomic E-state index is -0.347. The van der Waals surface area contributed by atoms with Crippen molar-refractivity contribution in [1.29, 1.82) is 0 Å². The Morgan fingerprint density at radius 3 is 2.62 bits per heavy atom. The first kappa shape index (κ1) is 26.1. The third-order valence-corrected chi connectivity index (χ3v) is 5.52. The van der Waals surface area contributed by atoms with Crippen LogP contribution in [-0.2, 0) is 22.6 Å². The Bertz CT molecular complexity index is 871. The average molecular weight is 553 g/mol. The lowest BCUT2D eigenvalue weighted by atomic mass is 9.84. The van der Waals surface area contributed by atoms with E-state index in [2.05, 4.69) is 15.6 Å². The number of halogens is 1. The van der Waals surface area contributed by atoms with Gasteiger partial charge in [-0.3, -0.25) is 4.99 Å². The average Bonchev–Trinajstić information content (AvgIpc) is 3.27. The fraction of sp³-hybridized carbons (Fsp3) is 0.417. The van der Waals surface area contributed by atoms with Crippen LogP contribution in [0.15, 0.2) is 59.6 Å². The summed E-state index contributed by atoms with van der Waals surface area (Å²) in [5.74, 6) is 0.321. The van der Waals surface area contributed by atoms with E-state index in [1.165, 1.54) is 0 Å². The van der Waals surface area contributed by atoms with Crippen LogP contribution in [0.3, 0.4) is 0 Å². The lowest BCUT2D eigenvalue weighted by Gasteiger charge is -2.27. The molecule has 1 heterocycles. The lowest BCUT2D eigenvalue weighted by molar-refractivity contribution is 0.0472. The molecule has 1 saturated heterocycles. The Morgan fingerprint density at radius 1 is 1.16 bits per heavy atom. The molecule has 2 aromatic carbocycles. The minimum absolute atomic E-state index is 0. The van der Waals surface area contributed by atoms with E-state index in [1.54, 1.807) is 13.1 Å². The van der Waals surface area contributed by atoms with E-state index in [9.17, 15) is 9.90 Å². The summed E-state index contributed by atoms with van der Waals surface area (Å²) < 4.78 is 11.0. The molecule has 7 nitrogen and oxygen atoms in total. The molecule has 1 fully saturated rings. The highest BCUT2D eigenvalue weighted by atomic mass is 127. The molecule has 0 saturated carbocycles. The van der Waals surface area contributed by atoms with Gasteiger partial charge in [-0.05, 0) is 36.1 Å². The summed E-state index contributed by atoms with van der Waals surface area (Å²) >= 11 is 0. The van der Waals surface area contributed by atoms with Crippen molar-refractivity contribution in [3.8, 4) is 0 Å². The van der Waals surface area contributed by atoms with Crippen LogP contribution in [0.5, 0.6) is 0 Å². The van der Waals surface area contributed by atoms with Gasteiger partial charge in [0.05, 0.1) is 12.2 Å². The third kappa shape index (κ3) is 7.75. The van der Waals surface area contributed by atoms with Crippen LogP contribution in [0.1, 0.15) is 34.3 Å². The molecule has 0 radical (unpaired) electrons. The fourth-order valence-corrected chi connectivity index (χ4v) is 3.60. The monoisotopic (exact) mass is 553 g/mol. The number of benzene rings is 2. The standard InChI is InChI=1S/C24H31N3O4.HI/c1-25-23(27-17-24(10-12-28)11-13-30-18-24)26-15-20-8-5-9-21(14-20)22(29)31-16-19-6-3-2-4-7-19;/h2-9,14,28H,10-13,15-18H2,1H3,(H2,25,26,27);1H. The molecule has 8 heteroatoms. The number of aliphatic hydroxyl groups excluding tert-OH is 1.